The molecule has 0 aliphatic carbocycles. The molecule has 0 spiro atoms. The summed E-state index contributed by atoms with van der Waals surface area (Å²) in [6.45, 7) is 0.331. The number of thiophene rings is 1. The summed E-state index contributed by atoms with van der Waals surface area (Å²) >= 11 is 4.82. The van der Waals surface area contributed by atoms with Crippen LogP contribution in [0.4, 0.5) is 18.9 Å². The summed E-state index contributed by atoms with van der Waals surface area (Å²) in [6.07, 6.45) is -4.77. The third-order valence-electron chi connectivity index (χ3n) is 2.40. The van der Waals surface area contributed by atoms with Gasteiger partial charge in [-0.25, -0.2) is 4.99 Å². The van der Waals surface area contributed by atoms with Crippen LogP contribution >= 0.6 is 27.3 Å². The summed E-state index contributed by atoms with van der Waals surface area (Å²) < 4.78 is 41.8. The van der Waals surface area contributed by atoms with Crippen LogP contribution in [0.1, 0.15) is 4.88 Å². The van der Waals surface area contributed by atoms with Crippen molar-refractivity contribution in [2.75, 3.05) is 5.32 Å². The van der Waals surface area contributed by atoms with Gasteiger partial charge in [0.2, 0.25) is 0 Å². The number of rotatable bonds is 4. The summed E-state index contributed by atoms with van der Waals surface area (Å²) in [6, 6.07) is 7.50. The lowest BCUT2D eigenvalue weighted by Crippen LogP contribution is -2.24. The van der Waals surface area contributed by atoms with Crippen molar-refractivity contribution in [1.29, 1.82) is 0 Å². The lowest BCUT2D eigenvalue weighted by atomic mass is 10.3. The van der Waals surface area contributed by atoms with E-state index in [0.717, 1.165) is 9.35 Å². The Kier molecular flexibility index (Phi) is 5.30. The molecule has 2 aromatic rings. The molecule has 1 heterocycles. The molecule has 22 heavy (non-hydrogen) atoms. The first-order valence-corrected chi connectivity index (χ1v) is 7.65. The molecule has 0 bridgehead atoms. The molecule has 1 aromatic carbocycles. The SMILES string of the molecule is NC(=NCc1cc(Br)cs1)Nc1ccccc1OC(F)(F)F. The Morgan fingerprint density at radius 1 is 1.36 bits per heavy atom. The zero-order chi connectivity index (χ0) is 16.2. The van der Waals surface area contributed by atoms with Crippen molar-refractivity contribution in [2.45, 2.75) is 12.9 Å². The van der Waals surface area contributed by atoms with Crippen LogP contribution < -0.4 is 15.8 Å². The van der Waals surface area contributed by atoms with Crippen molar-refractivity contribution in [3.8, 4) is 5.75 Å². The lowest BCUT2D eigenvalue weighted by Gasteiger charge is -2.14. The number of hydrogen-bond acceptors (Lipinski definition) is 3. The summed E-state index contributed by atoms with van der Waals surface area (Å²) in [4.78, 5) is 5.05. The molecule has 9 heteroatoms. The quantitative estimate of drug-likeness (QED) is 0.599. The van der Waals surface area contributed by atoms with Crippen molar-refractivity contribution in [3.05, 3.63) is 45.1 Å². The number of hydrogen-bond donors (Lipinski definition) is 2. The van der Waals surface area contributed by atoms with Gasteiger partial charge in [0, 0.05) is 14.7 Å². The van der Waals surface area contributed by atoms with Crippen molar-refractivity contribution in [2.24, 2.45) is 10.7 Å². The molecule has 0 radical (unpaired) electrons. The average molecular weight is 394 g/mol. The summed E-state index contributed by atoms with van der Waals surface area (Å²) in [5, 5.41) is 4.51. The van der Waals surface area contributed by atoms with E-state index in [2.05, 4.69) is 31.0 Å². The molecule has 4 nitrogen and oxygen atoms in total. The van der Waals surface area contributed by atoms with Crippen LogP contribution in [0.2, 0.25) is 0 Å². The molecule has 1 aromatic heterocycles. The number of alkyl halides is 3. The number of para-hydroxylation sites is 2. The highest BCUT2D eigenvalue weighted by atomic mass is 79.9. The van der Waals surface area contributed by atoms with Gasteiger partial charge in [0.1, 0.15) is 0 Å². The maximum Gasteiger partial charge on any atom is 0.573 e. The maximum atomic E-state index is 12.3. The van der Waals surface area contributed by atoms with Gasteiger partial charge in [-0.1, -0.05) is 12.1 Å². The molecule has 118 valence electrons. The van der Waals surface area contributed by atoms with Crippen molar-refractivity contribution >= 4 is 38.9 Å². The van der Waals surface area contributed by atoms with E-state index < -0.39 is 6.36 Å². The number of nitrogens with zero attached hydrogens (tertiary/aromatic N) is 1. The van der Waals surface area contributed by atoms with Crippen LogP contribution in [-0.2, 0) is 6.54 Å². The number of halogens is 4. The minimum atomic E-state index is -4.77. The molecule has 0 fully saturated rings. The Morgan fingerprint density at radius 3 is 2.73 bits per heavy atom. The smallest absolute Gasteiger partial charge is 0.404 e. The van der Waals surface area contributed by atoms with Gasteiger partial charge in [0.25, 0.3) is 0 Å². The molecule has 0 atom stereocenters. The maximum absolute atomic E-state index is 12.3. The van der Waals surface area contributed by atoms with Crippen LogP contribution in [-0.4, -0.2) is 12.3 Å². The molecular formula is C13H11BrF3N3OS. The summed E-state index contributed by atoms with van der Waals surface area (Å²) in [5.41, 5.74) is 5.78. The topological polar surface area (TPSA) is 59.6 Å². The van der Waals surface area contributed by atoms with Crippen LogP contribution in [0.5, 0.6) is 5.75 Å². The zero-order valence-electron chi connectivity index (χ0n) is 11.0. The van der Waals surface area contributed by atoms with Gasteiger partial charge in [-0.05, 0) is 34.1 Å². The highest BCUT2D eigenvalue weighted by molar-refractivity contribution is 9.10. The van der Waals surface area contributed by atoms with Crippen LogP contribution in [0.25, 0.3) is 0 Å². The van der Waals surface area contributed by atoms with Gasteiger partial charge >= 0.3 is 6.36 Å². The normalized spacial score (nSPS) is 12.3. The highest BCUT2D eigenvalue weighted by Crippen LogP contribution is 2.29. The number of anilines is 1. The van der Waals surface area contributed by atoms with E-state index >= 15 is 0 Å². The molecule has 0 unspecified atom stereocenters. The van der Waals surface area contributed by atoms with Gasteiger partial charge in [-0.2, -0.15) is 0 Å². The Morgan fingerprint density at radius 2 is 2.09 bits per heavy atom. The first-order valence-electron chi connectivity index (χ1n) is 5.98. The molecule has 3 N–H and O–H groups in total. The second-order valence-corrected chi connectivity index (χ2v) is 6.01. The summed E-state index contributed by atoms with van der Waals surface area (Å²) in [7, 11) is 0. The second kappa shape index (κ2) is 7.01. The zero-order valence-corrected chi connectivity index (χ0v) is 13.4. The van der Waals surface area contributed by atoms with Gasteiger partial charge in [0.15, 0.2) is 11.7 Å². The fourth-order valence-electron chi connectivity index (χ4n) is 1.56. The third-order valence-corrected chi connectivity index (χ3v) is 4.08. The number of nitrogens with two attached hydrogens (primary N) is 1. The Labute approximate surface area is 136 Å². The van der Waals surface area contributed by atoms with Gasteiger partial charge < -0.3 is 15.8 Å². The van der Waals surface area contributed by atoms with Crippen LogP contribution in [0, 0.1) is 0 Å². The summed E-state index contributed by atoms with van der Waals surface area (Å²) in [5.74, 6) is -0.366. The second-order valence-electron chi connectivity index (χ2n) is 4.10. The molecule has 0 saturated heterocycles. The number of benzene rings is 1. The van der Waals surface area contributed by atoms with Gasteiger partial charge in [0.05, 0.1) is 12.2 Å². The molecule has 0 amide bonds. The third kappa shape index (κ3) is 5.23. The number of guanidine groups is 1. The predicted octanol–water partition coefficient (Wildman–Crippen LogP) is 4.34. The molecular weight excluding hydrogens is 383 g/mol. The molecule has 0 aliphatic rings. The van der Waals surface area contributed by atoms with E-state index in [9.17, 15) is 13.2 Å². The largest absolute Gasteiger partial charge is 0.573 e. The number of nitrogens with one attached hydrogen (secondary N) is 1. The minimum Gasteiger partial charge on any atom is -0.404 e. The Hall–Kier alpha value is -1.74. The van der Waals surface area contributed by atoms with Crippen molar-refractivity contribution in [3.63, 3.8) is 0 Å². The molecule has 2 rings (SSSR count). The number of ether oxygens (including phenoxy) is 1. The fraction of sp³-hybridized carbons (Fsp3) is 0.154. The van der Waals surface area contributed by atoms with E-state index in [0.29, 0.717) is 6.54 Å². The number of aliphatic imine (C=N–C) groups is 1. The van der Waals surface area contributed by atoms with Crippen LogP contribution in [0.15, 0.2) is 45.2 Å². The molecule has 0 saturated carbocycles. The monoisotopic (exact) mass is 393 g/mol. The van der Waals surface area contributed by atoms with E-state index in [1.54, 1.807) is 6.07 Å². The van der Waals surface area contributed by atoms with Gasteiger partial charge in [-0.3, -0.25) is 0 Å². The minimum absolute atomic E-state index is 0.00254. The lowest BCUT2D eigenvalue weighted by molar-refractivity contribution is -0.274. The van der Waals surface area contributed by atoms with E-state index in [-0.39, 0.29) is 17.4 Å². The molecule has 0 aliphatic heterocycles. The van der Waals surface area contributed by atoms with E-state index in [1.165, 1.54) is 29.5 Å². The van der Waals surface area contributed by atoms with E-state index in [1.807, 2.05) is 11.4 Å². The Bertz CT molecular complexity index is 673. The first kappa shape index (κ1) is 16.6. The van der Waals surface area contributed by atoms with Crippen molar-refractivity contribution in [1.82, 2.24) is 0 Å². The van der Waals surface area contributed by atoms with Crippen LogP contribution in [0.3, 0.4) is 0 Å². The predicted molar refractivity (Wildman–Crippen MR) is 84.1 cm³/mol. The standard InChI is InChI=1S/C13H11BrF3N3OS/c14-8-5-9(22-7-8)6-19-12(18)20-10-3-1-2-4-11(10)21-13(15,16)17/h1-5,7H,6H2,(H3,18,19,20). The van der Waals surface area contributed by atoms with Gasteiger partial charge in [-0.15, -0.1) is 24.5 Å². The van der Waals surface area contributed by atoms with E-state index in [4.69, 9.17) is 5.73 Å². The highest BCUT2D eigenvalue weighted by Gasteiger charge is 2.32. The Balaban J connectivity index is 2.06. The fourth-order valence-corrected chi connectivity index (χ4v) is 2.94. The van der Waals surface area contributed by atoms with Crippen molar-refractivity contribution < 1.29 is 17.9 Å². The average Bonchev–Trinajstić information content (AvgIpc) is 2.83. The first-order chi connectivity index (χ1) is 10.3.